The van der Waals surface area contributed by atoms with Crippen LogP contribution in [0.5, 0.6) is 5.88 Å². The maximum absolute atomic E-state index is 12.3. The number of carbonyl (C=O) groups excluding carboxylic acids is 1. The molecule has 0 aliphatic rings. The average Bonchev–Trinajstić information content (AvgIpc) is 2.86. The van der Waals surface area contributed by atoms with Gasteiger partial charge in [0, 0.05) is 31.5 Å². The summed E-state index contributed by atoms with van der Waals surface area (Å²) in [5.74, 6) is -0.100. The van der Waals surface area contributed by atoms with Crippen LogP contribution < -0.4 is 10.1 Å². The van der Waals surface area contributed by atoms with E-state index >= 15 is 0 Å². The van der Waals surface area contributed by atoms with Gasteiger partial charge in [-0.05, 0) is 24.1 Å². The molecule has 8 heteroatoms. The van der Waals surface area contributed by atoms with Crippen LogP contribution in [0, 0.1) is 0 Å². The molecule has 0 spiro atoms. The van der Waals surface area contributed by atoms with Crippen molar-refractivity contribution in [2.24, 2.45) is 5.16 Å². The molecule has 0 saturated carbocycles. The van der Waals surface area contributed by atoms with Gasteiger partial charge in [0.2, 0.25) is 5.88 Å². The summed E-state index contributed by atoms with van der Waals surface area (Å²) in [4.78, 5) is 21.5. The van der Waals surface area contributed by atoms with Gasteiger partial charge in [-0.25, -0.2) is 4.98 Å². The number of nitrogens with one attached hydrogen (secondary N) is 1. The van der Waals surface area contributed by atoms with Crippen LogP contribution in [0.15, 0.2) is 72.0 Å². The highest BCUT2D eigenvalue weighted by Crippen LogP contribution is 2.35. The van der Waals surface area contributed by atoms with Crippen LogP contribution in [0.4, 0.5) is 0 Å². The molecule has 0 aliphatic heterocycles. The normalized spacial score (nSPS) is 13.2. The minimum atomic E-state index is -0.720. The molecule has 2 aromatic carbocycles. The molecule has 1 heterocycles. The van der Waals surface area contributed by atoms with Crippen molar-refractivity contribution in [3.63, 3.8) is 0 Å². The number of aromatic nitrogens is 1. The molecule has 0 aliphatic carbocycles. The van der Waals surface area contributed by atoms with Crippen LogP contribution in [0.25, 0.3) is 0 Å². The van der Waals surface area contributed by atoms with Gasteiger partial charge in [-0.3, -0.25) is 4.79 Å². The van der Waals surface area contributed by atoms with E-state index in [0.29, 0.717) is 10.6 Å². The Labute approximate surface area is 198 Å². The van der Waals surface area contributed by atoms with E-state index in [4.69, 9.17) is 25.9 Å². The van der Waals surface area contributed by atoms with Crippen molar-refractivity contribution >= 4 is 23.2 Å². The van der Waals surface area contributed by atoms with Crippen LogP contribution in [0.2, 0.25) is 5.02 Å². The fraction of sp³-hybridized carbons (Fsp3) is 0.240. The molecule has 1 unspecified atom stereocenters. The molecule has 1 atom stereocenters. The van der Waals surface area contributed by atoms with Gasteiger partial charge in [-0.15, -0.1) is 0 Å². The van der Waals surface area contributed by atoms with Gasteiger partial charge >= 0.3 is 0 Å². The summed E-state index contributed by atoms with van der Waals surface area (Å²) < 4.78 is 11.7. The molecule has 1 N–H and O–H groups in total. The number of methoxy groups -OCH3 is 1. The predicted octanol–water partition coefficient (Wildman–Crippen LogP) is 4.32. The maximum Gasteiger partial charge on any atom is 0.273 e. The van der Waals surface area contributed by atoms with Crippen molar-refractivity contribution in [3.05, 3.63) is 94.1 Å². The van der Waals surface area contributed by atoms with Gasteiger partial charge in [0.1, 0.15) is 24.3 Å². The lowest BCUT2D eigenvalue weighted by Crippen LogP contribution is -2.29. The van der Waals surface area contributed by atoms with Crippen molar-refractivity contribution in [1.82, 2.24) is 10.3 Å². The molecule has 0 saturated heterocycles. The van der Waals surface area contributed by atoms with Crippen LogP contribution in [0.1, 0.15) is 29.2 Å². The number of benzene rings is 2. The molecule has 33 heavy (non-hydrogen) atoms. The highest BCUT2D eigenvalue weighted by atomic mass is 35.5. The first-order valence-electron chi connectivity index (χ1n) is 10.3. The summed E-state index contributed by atoms with van der Waals surface area (Å²) >= 11 is 6.52. The molecule has 172 valence electrons. The Kier molecular flexibility index (Phi) is 8.03. The lowest BCUT2D eigenvalue weighted by Gasteiger charge is -2.29. The van der Waals surface area contributed by atoms with E-state index in [9.17, 15) is 4.79 Å². The number of hydrogen-bond acceptors (Lipinski definition) is 6. The van der Waals surface area contributed by atoms with Crippen molar-refractivity contribution in [2.75, 3.05) is 21.3 Å². The number of amides is 1. The van der Waals surface area contributed by atoms with E-state index < -0.39 is 5.60 Å². The Bertz CT molecular complexity index is 1140. The second kappa shape index (κ2) is 10.9. The van der Waals surface area contributed by atoms with E-state index in [1.165, 1.54) is 14.2 Å². The monoisotopic (exact) mass is 467 g/mol. The van der Waals surface area contributed by atoms with Crippen LogP contribution in [0.3, 0.4) is 0 Å². The summed E-state index contributed by atoms with van der Waals surface area (Å²) in [7, 11) is 4.56. The SMILES string of the molecule is CNC(=O)/C(=N/OC)c1ccccc1COc1ncc(C(C)(OC)c2ccccc2)cc1Cl. The Morgan fingerprint density at radius 3 is 2.42 bits per heavy atom. The lowest BCUT2D eigenvalue weighted by atomic mass is 9.89. The highest BCUT2D eigenvalue weighted by molar-refractivity contribution is 6.45. The first-order valence-corrected chi connectivity index (χ1v) is 10.6. The highest BCUT2D eigenvalue weighted by Gasteiger charge is 2.30. The summed E-state index contributed by atoms with van der Waals surface area (Å²) in [5.41, 5.74) is 2.51. The van der Waals surface area contributed by atoms with Crippen molar-refractivity contribution < 1.29 is 19.1 Å². The van der Waals surface area contributed by atoms with E-state index in [0.717, 1.165) is 16.7 Å². The third-order valence-electron chi connectivity index (χ3n) is 5.35. The van der Waals surface area contributed by atoms with Crippen LogP contribution in [-0.2, 0) is 26.6 Å². The Morgan fingerprint density at radius 1 is 1.09 bits per heavy atom. The van der Waals surface area contributed by atoms with Gasteiger partial charge in [-0.1, -0.05) is 71.4 Å². The lowest BCUT2D eigenvalue weighted by molar-refractivity contribution is -0.114. The number of likely N-dealkylation sites (N-methyl/N-ethyl adjacent to an activating group) is 1. The summed E-state index contributed by atoms with van der Waals surface area (Å²) in [5, 5.41) is 6.78. The fourth-order valence-electron chi connectivity index (χ4n) is 3.40. The second-order valence-electron chi connectivity index (χ2n) is 7.26. The number of oxime groups is 1. The number of ether oxygens (including phenoxy) is 2. The smallest absolute Gasteiger partial charge is 0.273 e. The van der Waals surface area contributed by atoms with E-state index in [-0.39, 0.29) is 24.1 Å². The van der Waals surface area contributed by atoms with Gasteiger partial charge < -0.3 is 19.6 Å². The molecular formula is C25H26ClN3O4. The molecule has 0 fully saturated rings. The van der Waals surface area contributed by atoms with Gasteiger partial charge in [-0.2, -0.15) is 0 Å². The van der Waals surface area contributed by atoms with E-state index in [1.807, 2.05) is 55.5 Å². The second-order valence-corrected chi connectivity index (χ2v) is 7.67. The first-order chi connectivity index (χ1) is 15.9. The Morgan fingerprint density at radius 2 is 1.79 bits per heavy atom. The Balaban J connectivity index is 1.86. The molecular weight excluding hydrogens is 442 g/mol. The largest absolute Gasteiger partial charge is 0.472 e. The van der Waals surface area contributed by atoms with Crippen molar-refractivity contribution in [1.29, 1.82) is 0 Å². The first kappa shape index (κ1) is 24.2. The third-order valence-corrected chi connectivity index (χ3v) is 5.62. The van der Waals surface area contributed by atoms with Gasteiger partial charge in [0.05, 0.1) is 0 Å². The third kappa shape index (κ3) is 5.32. The fourth-order valence-corrected chi connectivity index (χ4v) is 3.62. The number of nitrogens with zero attached hydrogens (tertiary/aromatic N) is 2. The molecule has 1 amide bonds. The molecule has 0 radical (unpaired) electrons. The van der Waals surface area contributed by atoms with Crippen molar-refractivity contribution in [2.45, 2.75) is 19.1 Å². The molecule has 1 aromatic heterocycles. The minimum absolute atomic E-state index is 0.127. The zero-order chi connectivity index (χ0) is 23.8. The maximum atomic E-state index is 12.3. The van der Waals surface area contributed by atoms with Crippen LogP contribution in [-0.4, -0.2) is 37.9 Å². The van der Waals surface area contributed by atoms with E-state index in [1.54, 1.807) is 25.4 Å². The molecule has 3 rings (SSSR count). The number of carbonyl (C=O) groups is 1. The standard InChI is InChI=1S/C25H26ClN3O4/c1-25(31-3,18-11-6-5-7-12-18)19-14-21(26)24(28-15-19)33-16-17-10-8-9-13-20(17)22(29-32-4)23(30)27-2/h5-15H,16H2,1-4H3,(H,27,30)/b29-22+. The summed E-state index contributed by atoms with van der Waals surface area (Å²) in [6.45, 7) is 2.09. The number of halogens is 1. The molecule has 0 bridgehead atoms. The molecule has 7 nitrogen and oxygen atoms in total. The van der Waals surface area contributed by atoms with E-state index in [2.05, 4.69) is 15.5 Å². The minimum Gasteiger partial charge on any atom is -0.472 e. The van der Waals surface area contributed by atoms with Gasteiger partial charge in [0.25, 0.3) is 5.91 Å². The van der Waals surface area contributed by atoms with Gasteiger partial charge in [0.15, 0.2) is 5.71 Å². The summed E-state index contributed by atoms with van der Waals surface area (Å²) in [6, 6.07) is 18.9. The summed E-state index contributed by atoms with van der Waals surface area (Å²) in [6.07, 6.45) is 1.69. The number of pyridine rings is 1. The Hall–Kier alpha value is -3.42. The predicted molar refractivity (Wildman–Crippen MR) is 128 cm³/mol. The number of hydrogen-bond donors (Lipinski definition) is 1. The molecule has 3 aromatic rings. The zero-order valence-electron chi connectivity index (χ0n) is 19.0. The number of rotatable bonds is 9. The quantitative estimate of drug-likeness (QED) is 0.374. The van der Waals surface area contributed by atoms with Crippen LogP contribution >= 0.6 is 11.6 Å². The topological polar surface area (TPSA) is 82.0 Å². The van der Waals surface area contributed by atoms with Crippen molar-refractivity contribution in [3.8, 4) is 5.88 Å². The zero-order valence-corrected chi connectivity index (χ0v) is 19.7. The average molecular weight is 468 g/mol.